The van der Waals surface area contributed by atoms with Gasteiger partial charge in [-0.15, -0.1) is 0 Å². The van der Waals surface area contributed by atoms with Crippen LogP contribution in [0.15, 0.2) is 22.7 Å². The molecule has 1 N–H and O–H groups in total. The Bertz CT molecular complexity index is 733. The van der Waals surface area contributed by atoms with E-state index in [9.17, 15) is 10.1 Å². The first-order valence-electron chi connectivity index (χ1n) is 7.21. The molecule has 2 aromatic rings. The zero-order valence-electron chi connectivity index (χ0n) is 12.5. The summed E-state index contributed by atoms with van der Waals surface area (Å²) in [7, 11) is 1.60. The van der Waals surface area contributed by atoms with Crippen LogP contribution in [0.5, 0.6) is 0 Å². The Morgan fingerprint density at radius 3 is 3.13 bits per heavy atom. The van der Waals surface area contributed by atoms with E-state index in [4.69, 9.17) is 4.74 Å². The molecule has 0 fully saturated rings. The molecule has 1 aromatic heterocycles. The third-order valence-corrected chi connectivity index (χ3v) is 4.17. The predicted octanol–water partition coefficient (Wildman–Crippen LogP) is 3.04. The highest BCUT2D eigenvalue weighted by molar-refractivity contribution is 9.10. The van der Waals surface area contributed by atoms with Crippen LogP contribution in [-0.4, -0.2) is 26.8 Å². The number of fused-ring (bicyclic) bond motifs is 1. The van der Waals surface area contributed by atoms with Gasteiger partial charge in [0.2, 0.25) is 0 Å². The second kappa shape index (κ2) is 6.63. The van der Waals surface area contributed by atoms with Crippen molar-refractivity contribution in [2.75, 3.05) is 12.4 Å². The van der Waals surface area contributed by atoms with Gasteiger partial charge in [0.1, 0.15) is 18.1 Å². The summed E-state index contributed by atoms with van der Waals surface area (Å²) in [5.74, 6) is 1.42. The minimum absolute atomic E-state index is 0.0353. The van der Waals surface area contributed by atoms with Crippen molar-refractivity contribution < 1.29 is 9.66 Å². The quantitative estimate of drug-likeness (QED) is 0.631. The molecule has 0 bridgehead atoms. The average molecular weight is 382 g/mol. The smallest absolute Gasteiger partial charge is 0.293 e. The van der Waals surface area contributed by atoms with E-state index in [1.54, 1.807) is 19.2 Å². The maximum absolute atomic E-state index is 11.2. The fourth-order valence-corrected chi connectivity index (χ4v) is 3.04. The maximum Gasteiger partial charge on any atom is 0.293 e. The summed E-state index contributed by atoms with van der Waals surface area (Å²) >= 11 is 3.26. The lowest BCUT2D eigenvalue weighted by atomic mass is 10.1. The first-order valence-corrected chi connectivity index (χ1v) is 8.01. The number of nitro groups is 1. The van der Waals surface area contributed by atoms with E-state index in [0.717, 1.165) is 25.2 Å². The second-order valence-corrected chi connectivity index (χ2v) is 6.22. The van der Waals surface area contributed by atoms with Crippen LogP contribution in [0.1, 0.15) is 30.5 Å². The molecule has 0 spiro atoms. The largest absolute Gasteiger partial charge is 0.377 e. The topological polar surface area (TPSA) is 95.1 Å². The Balaban J connectivity index is 1.89. The van der Waals surface area contributed by atoms with Crippen molar-refractivity contribution in [1.82, 2.24) is 14.8 Å². The van der Waals surface area contributed by atoms with Crippen molar-refractivity contribution in [3.8, 4) is 0 Å². The molecule has 0 saturated heterocycles. The molecule has 0 saturated carbocycles. The molecule has 9 heteroatoms. The van der Waals surface area contributed by atoms with Gasteiger partial charge in [-0.25, -0.2) is 9.67 Å². The summed E-state index contributed by atoms with van der Waals surface area (Å²) in [6.07, 6.45) is 1.78. The number of anilines is 1. The Morgan fingerprint density at radius 2 is 2.39 bits per heavy atom. The summed E-state index contributed by atoms with van der Waals surface area (Å²) in [4.78, 5) is 15.3. The number of methoxy groups -OCH3 is 1. The molecular weight excluding hydrogens is 366 g/mol. The number of halogens is 1. The fourth-order valence-electron chi connectivity index (χ4n) is 2.69. The molecule has 0 radical (unpaired) electrons. The van der Waals surface area contributed by atoms with E-state index in [-0.39, 0.29) is 11.7 Å². The van der Waals surface area contributed by atoms with Gasteiger partial charge in [0.05, 0.1) is 11.0 Å². The van der Waals surface area contributed by atoms with Gasteiger partial charge in [-0.1, -0.05) is 15.9 Å². The van der Waals surface area contributed by atoms with Gasteiger partial charge in [-0.05, 0) is 25.0 Å². The van der Waals surface area contributed by atoms with Crippen molar-refractivity contribution in [2.45, 2.75) is 32.0 Å². The summed E-state index contributed by atoms with van der Waals surface area (Å²) in [5, 5.41) is 18.9. The van der Waals surface area contributed by atoms with Crippen LogP contribution in [0.4, 0.5) is 11.4 Å². The van der Waals surface area contributed by atoms with Gasteiger partial charge in [-0.2, -0.15) is 5.10 Å². The SMILES string of the molecule is COCc1nc2n(n1)CCCC2Nc1ccc(Br)cc1[N+](=O)[O-]. The van der Waals surface area contributed by atoms with Gasteiger partial charge < -0.3 is 10.1 Å². The molecule has 0 amide bonds. The Kier molecular flexibility index (Phi) is 4.58. The zero-order valence-corrected chi connectivity index (χ0v) is 14.1. The number of hydrogen-bond acceptors (Lipinski definition) is 6. The lowest BCUT2D eigenvalue weighted by Gasteiger charge is -2.23. The number of benzene rings is 1. The molecule has 8 nitrogen and oxygen atoms in total. The highest BCUT2D eigenvalue weighted by Gasteiger charge is 2.26. The summed E-state index contributed by atoms with van der Waals surface area (Å²) in [6.45, 7) is 1.15. The van der Waals surface area contributed by atoms with Crippen LogP contribution in [0.3, 0.4) is 0 Å². The van der Waals surface area contributed by atoms with E-state index in [1.165, 1.54) is 6.07 Å². The van der Waals surface area contributed by atoms with E-state index < -0.39 is 4.92 Å². The van der Waals surface area contributed by atoms with Crippen LogP contribution in [-0.2, 0) is 17.9 Å². The lowest BCUT2D eigenvalue weighted by molar-refractivity contribution is -0.384. The molecule has 1 aliphatic heterocycles. The van der Waals surface area contributed by atoms with Crippen LogP contribution >= 0.6 is 15.9 Å². The molecule has 3 rings (SSSR count). The van der Waals surface area contributed by atoms with Gasteiger partial charge in [0.15, 0.2) is 5.82 Å². The third-order valence-electron chi connectivity index (χ3n) is 3.68. The highest BCUT2D eigenvalue weighted by atomic mass is 79.9. The van der Waals surface area contributed by atoms with E-state index >= 15 is 0 Å². The van der Waals surface area contributed by atoms with E-state index in [1.807, 2.05) is 4.68 Å². The molecule has 1 unspecified atom stereocenters. The van der Waals surface area contributed by atoms with Gasteiger partial charge in [0.25, 0.3) is 5.69 Å². The maximum atomic E-state index is 11.2. The van der Waals surface area contributed by atoms with Gasteiger partial charge >= 0.3 is 0 Å². The number of rotatable bonds is 5. The zero-order chi connectivity index (χ0) is 16.4. The number of ether oxygens (including phenoxy) is 1. The normalized spacial score (nSPS) is 16.9. The van der Waals surface area contributed by atoms with Crippen LogP contribution in [0.25, 0.3) is 0 Å². The number of hydrogen-bond donors (Lipinski definition) is 1. The average Bonchev–Trinajstić information content (AvgIpc) is 2.93. The van der Waals surface area contributed by atoms with E-state index in [0.29, 0.717) is 22.6 Å². The molecule has 1 atom stereocenters. The number of nitrogens with one attached hydrogen (secondary N) is 1. The number of aryl methyl sites for hydroxylation is 1. The number of aromatic nitrogens is 3. The molecule has 23 heavy (non-hydrogen) atoms. The van der Waals surface area contributed by atoms with Crippen molar-refractivity contribution in [3.05, 3.63) is 44.4 Å². The van der Waals surface area contributed by atoms with Crippen molar-refractivity contribution in [2.24, 2.45) is 0 Å². The predicted molar refractivity (Wildman–Crippen MR) is 87.1 cm³/mol. The minimum atomic E-state index is -0.392. The molecule has 0 aliphatic carbocycles. The molecule has 2 heterocycles. The highest BCUT2D eigenvalue weighted by Crippen LogP contribution is 2.33. The standard InChI is InChI=1S/C14H16BrN5O3/c1-23-8-13-17-14-11(3-2-6-19(14)18-13)16-10-5-4-9(15)7-12(10)20(21)22/h4-5,7,11,16H,2-3,6,8H2,1H3. The summed E-state index contributed by atoms with van der Waals surface area (Å²) in [5.41, 5.74) is 0.515. The molecule has 122 valence electrons. The summed E-state index contributed by atoms with van der Waals surface area (Å²) < 4.78 is 7.59. The first kappa shape index (κ1) is 15.9. The Labute approximate surface area is 141 Å². The van der Waals surface area contributed by atoms with Gasteiger partial charge in [0, 0.05) is 24.2 Å². The van der Waals surface area contributed by atoms with Crippen LogP contribution < -0.4 is 5.32 Å². The number of nitrogens with zero attached hydrogens (tertiary/aromatic N) is 4. The summed E-state index contributed by atoms with van der Waals surface area (Å²) in [6, 6.07) is 4.86. The monoisotopic (exact) mass is 381 g/mol. The number of nitro benzene ring substituents is 1. The lowest BCUT2D eigenvalue weighted by Crippen LogP contribution is -2.23. The minimum Gasteiger partial charge on any atom is -0.377 e. The Morgan fingerprint density at radius 1 is 1.57 bits per heavy atom. The third kappa shape index (κ3) is 3.35. The fraction of sp³-hybridized carbons (Fsp3) is 0.429. The van der Waals surface area contributed by atoms with Crippen LogP contribution in [0, 0.1) is 10.1 Å². The molecular formula is C14H16BrN5O3. The molecule has 1 aliphatic rings. The molecule has 1 aromatic carbocycles. The van der Waals surface area contributed by atoms with Crippen LogP contribution in [0.2, 0.25) is 0 Å². The van der Waals surface area contributed by atoms with Crippen molar-refractivity contribution >= 4 is 27.3 Å². The first-order chi connectivity index (χ1) is 11.1. The van der Waals surface area contributed by atoms with Crippen molar-refractivity contribution in [1.29, 1.82) is 0 Å². The van der Waals surface area contributed by atoms with Gasteiger partial charge in [-0.3, -0.25) is 10.1 Å². The van der Waals surface area contributed by atoms with Crippen molar-refractivity contribution in [3.63, 3.8) is 0 Å². The van der Waals surface area contributed by atoms with E-state index in [2.05, 4.69) is 31.3 Å². The Hall–Kier alpha value is -2.00. The second-order valence-electron chi connectivity index (χ2n) is 5.30.